The van der Waals surface area contributed by atoms with Gasteiger partial charge in [0.1, 0.15) is 16.8 Å². The first-order valence-electron chi connectivity index (χ1n) is 6.48. The molecule has 0 saturated heterocycles. The number of nitriles is 1. The van der Waals surface area contributed by atoms with Gasteiger partial charge in [-0.15, -0.1) is 0 Å². The summed E-state index contributed by atoms with van der Waals surface area (Å²) in [4.78, 5) is 4.10. The molecule has 0 N–H and O–H groups in total. The summed E-state index contributed by atoms with van der Waals surface area (Å²) >= 11 is 6.11. The fraction of sp³-hybridized carbons (Fsp3) is 0.250. The third kappa shape index (κ3) is 2.92. The van der Waals surface area contributed by atoms with E-state index in [0.29, 0.717) is 11.5 Å². The van der Waals surface area contributed by atoms with Crippen molar-refractivity contribution in [3.8, 4) is 17.7 Å². The van der Waals surface area contributed by atoms with E-state index in [1.165, 1.54) is 6.20 Å². The molecule has 102 valence electrons. The van der Waals surface area contributed by atoms with Gasteiger partial charge in [-0.1, -0.05) is 43.6 Å². The largest absolute Gasteiger partial charge is 0.437 e. The van der Waals surface area contributed by atoms with Gasteiger partial charge in [-0.05, 0) is 30.0 Å². The summed E-state index contributed by atoms with van der Waals surface area (Å²) in [5.74, 6) is 1.37. The number of benzene rings is 1. The van der Waals surface area contributed by atoms with Gasteiger partial charge in [0.05, 0.1) is 5.56 Å². The fourth-order valence-electron chi connectivity index (χ4n) is 1.89. The van der Waals surface area contributed by atoms with Crippen molar-refractivity contribution in [2.75, 3.05) is 0 Å². The fourth-order valence-corrected chi connectivity index (χ4v) is 2.08. The first-order chi connectivity index (χ1) is 9.67. The number of ether oxygens (including phenoxy) is 1. The lowest BCUT2D eigenvalue weighted by Gasteiger charge is -2.15. The predicted octanol–water partition coefficient (Wildman–Crippen LogP) is 4.91. The first kappa shape index (κ1) is 14.4. The normalized spacial score (nSPS) is 11.7. The molecule has 1 unspecified atom stereocenters. The van der Waals surface area contributed by atoms with Crippen molar-refractivity contribution in [1.82, 2.24) is 4.98 Å². The SMILES string of the molecule is CCC(C)c1ccccc1Oc1nccc(C#N)c1Cl. The van der Waals surface area contributed by atoms with Crippen LogP contribution in [0.3, 0.4) is 0 Å². The summed E-state index contributed by atoms with van der Waals surface area (Å²) in [5.41, 5.74) is 1.47. The second kappa shape index (κ2) is 6.40. The Balaban J connectivity index is 2.39. The highest BCUT2D eigenvalue weighted by molar-refractivity contribution is 6.33. The number of hydrogen-bond acceptors (Lipinski definition) is 3. The molecule has 0 aliphatic rings. The maximum Gasteiger partial charge on any atom is 0.239 e. The Labute approximate surface area is 123 Å². The second-order valence-corrected chi connectivity index (χ2v) is 4.92. The number of rotatable bonds is 4. The third-order valence-corrected chi connectivity index (χ3v) is 3.61. The molecule has 0 saturated carbocycles. The summed E-state index contributed by atoms with van der Waals surface area (Å²) in [6.45, 7) is 4.27. The number of hydrogen-bond donors (Lipinski definition) is 0. The van der Waals surface area contributed by atoms with Crippen molar-refractivity contribution in [1.29, 1.82) is 5.26 Å². The van der Waals surface area contributed by atoms with Crippen LogP contribution < -0.4 is 4.74 Å². The molecule has 0 amide bonds. The molecule has 2 rings (SSSR count). The minimum Gasteiger partial charge on any atom is -0.437 e. The van der Waals surface area contributed by atoms with Crippen LogP contribution in [-0.2, 0) is 0 Å². The summed E-state index contributed by atoms with van der Waals surface area (Å²) in [6, 6.07) is 11.4. The highest BCUT2D eigenvalue weighted by Crippen LogP contribution is 2.34. The Hall–Kier alpha value is -2.05. The van der Waals surface area contributed by atoms with Crippen LogP contribution in [0.25, 0.3) is 0 Å². The number of pyridine rings is 1. The minimum atomic E-state index is 0.244. The molecule has 1 atom stereocenters. The molecule has 2 aromatic rings. The average molecular weight is 287 g/mol. The lowest BCUT2D eigenvalue weighted by molar-refractivity contribution is 0.452. The Morgan fingerprint density at radius 1 is 1.35 bits per heavy atom. The van der Waals surface area contributed by atoms with Gasteiger partial charge in [-0.3, -0.25) is 0 Å². The highest BCUT2D eigenvalue weighted by Gasteiger charge is 2.14. The molecular weight excluding hydrogens is 272 g/mol. The molecule has 0 aliphatic heterocycles. The minimum absolute atomic E-state index is 0.244. The molecule has 0 aliphatic carbocycles. The maximum atomic E-state index is 8.97. The van der Waals surface area contributed by atoms with Crippen molar-refractivity contribution in [2.45, 2.75) is 26.2 Å². The van der Waals surface area contributed by atoms with Gasteiger partial charge < -0.3 is 4.74 Å². The zero-order chi connectivity index (χ0) is 14.5. The van der Waals surface area contributed by atoms with E-state index in [0.717, 1.165) is 17.7 Å². The average Bonchev–Trinajstić information content (AvgIpc) is 2.49. The molecule has 1 aromatic carbocycles. The Kier molecular flexibility index (Phi) is 4.60. The maximum absolute atomic E-state index is 8.97. The van der Waals surface area contributed by atoms with Crippen LogP contribution in [-0.4, -0.2) is 4.98 Å². The van der Waals surface area contributed by atoms with Gasteiger partial charge in [0.25, 0.3) is 0 Å². The predicted molar refractivity (Wildman–Crippen MR) is 79.2 cm³/mol. The van der Waals surface area contributed by atoms with E-state index < -0.39 is 0 Å². The molecule has 4 heteroatoms. The second-order valence-electron chi connectivity index (χ2n) is 4.54. The molecule has 3 nitrogen and oxygen atoms in total. The van der Waals surface area contributed by atoms with Crippen molar-refractivity contribution in [2.24, 2.45) is 0 Å². The molecular formula is C16H15ClN2O. The van der Waals surface area contributed by atoms with Crippen molar-refractivity contribution >= 4 is 11.6 Å². The van der Waals surface area contributed by atoms with Gasteiger partial charge >= 0.3 is 0 Å². The monoisotopic (exact) mass is 286 g/mol. The first-order valence-corrected chi connectivity index (χ1v) is 6.86. The van der Waals surface area contributed by atoms with Crippen molar-refractivity contribution in [3.05, 3.63) is 52.7 Å². The molecule has 0 bridgehead atoms. The molecule has 20 heavy (non-hydrogen) atoms. The molecule has 1 heterocycles. The Bertz CT molecular complexity index is 649. The van der Waals surface area contributed by atoms with Crippen molar-refractivity contribution in [3.63, 3.8) is 0 Å². The number of aromatic nitrogens is 1. The van der Waals surface area contributed by atoms with Gasteiger partial charge in [0.15, 0.2) is 0 Å². The standard InChI is InChI=1S/C16H15ClN2O/c1-3-11(2)13-6-4-5-7-14(13)20-16-15(17)12(10-18)8-9-19-16/h4-9,11H,3H2,1-2H3. The van der Waals surface area contributed by atoms with Crippen molar-refractivity contribution < 1.29 is 4.74 Å². The van der Waals surface area contributed by atoms with E-state index in [1.807, 2.05) is 30.3 Å². The van der Waals surface area contributed by atoms with E-state index in [9.17, 15) is 0 Å². The quantitative estimate of drug-likeness (QED) is 0.802. The van der Waals surface area contributed by atoms with Crippen LogP contribution >= 0.6 is 11.6 Å². The summed E-state index contributed by atoms with van der Waals surface area (Å²) in [6.07, 6.45) is 2.53. The van der Waals surface area contributed by atoms with Gasteiger partial charge in [-0.2, -0.15) is 5.26 Å². The topological polar surface area (TPSA) is 45.9 Å². The highest BCUT2D eigenvalue weighted by atomic mass is 35.5. The summed E-state index contributed by atoms with van der Waals surface area (Å²) in [7, 11) is 0. The van der Waals surface area contributed by atoms with E-state index in [1.54, 1.807) is 6.07 Å². The molecule has 0 radical (unpaired) electrons. The van der Waals surface area contributed by atoms with E-state index >= 15 is 0 Å². The third-order valence-electron chi connectivity index (χ3n) is 3.25. The van der Waals surface area contributed by atoms with Crippen LogP contribution in [0.2, 0.25) is 5.02 Å². The number of nitrogens with zero attached hydrogens (tertiary/aromatic N) is 2. The zero-order valence-corrected chi connectivity index (χ0v) is 12.2. The molecule has 1 aromatic heterocycles. The van der Waals surface area contributed by atoms with Crippen LogP contribution in [0.1, 0.15) is 37.3 Å². The lowest BCUT2D eigenvalue weighted by Crippen LogP contribution is -1.98. The van der Waals surface area contributed by atoms with Crippen LogP contribution in [0.4, 0.5) is 0 Å². The lowest BCUT2D eigenvalue weighted by atomic mass is 9.98. The van der Waals surface area contributed by atoms with Gasteiger partial charge in [0, 0.05) is 6.20 Å². The number of para-hydroxylation sites is 1. The van der Waals surface area contributed by atoms with E-state index in [2.05, 4.69) is 18.8 Å². The van der Waals surface area contributed by atoms with Crippen LogP contribution in [0.5, 0.6) is 11.6 Å². The smallest absolute Gasteiger partial charge is 0.239 e. The van der Waals surface area contributed by atoms with Crippen LogP contribution in [0.15, 0.2) is 36.5 Å². The Morgan fingerprint density at radius 2 is 2.10 bits per heavy atom. The zero-order valence-electron chi connectivity index (χ0n) is 11.4. The summed E-state index contributed by atoms with van der Waals surface area (Å²) < 4.78 is 5.81. The van der Waals surface area contributed by atoms with Gasteiger partial charge in [-0.25, -0.2) is 4.98 Å². The van der Waals surface area contributed by atoms with Gasteiger partial charge in [0.2, 0.25) is 5.88 Å². The van der Waals surface area contributed by atoms with E-state index in [4.69, 9.17) is 21.6 Å². The molecule has 0 spiro atoms. The van der Waals surface area contributed by atoms with E-state index in [-0.39, 0.29) is 10.9 Å². The summed E-state index contributed by atoms with van der Waals surface area (Å²) in [5, 5.41) is 9.22. The van der Waals surface area contributed by atoms with Crippen LogP contribution in [0, 0.1) is 11.3 Å². The molecule has 0 fully saturated rings. The Morgan fingerprint density at radius 3 is 2.80 bits per heavy atom. The number of halogens is 1.